The van der Waals surface area contributed by atoms with Crippen molar-refractivity contribution in [2.24, 2.45) is 0 Å². The number of anilines is 1. The van der Waals surface area contributed by atoms with Crippen LogP contribution in [0.1, 0.15) is 21.6 Å². The number of pyridine rings is 1. The quantitative estimate of drug-likeness (QED) is 0.509. The summed E-state index contributed by atoms with van der Waals surface area (Å²) in [6.45, 7) is 0.595. The molecule has 3 rings (SSSR count). The van der Waals surface area contributed by atoms with Gasteiger partial charge in [-0.1, -0.05) is 29.8 Å². The number of carbonyl (C=O) groups is 2. The van der Waals surface area contributed by atoms with Crippen LogP contribution in [0.5, 0.6) is 0 Å². The van der Waals surface area contributed by atoms with Crippen LogP contribution in [0.25, 0.3) is 6.08 Å². The highest BCUT2D eigenvalue weighted by Crippen LogP contribution is 2.13. The predicted octanol–water partition coefficient (Wildman–Crippen LogP) is 3.42. The molecule has 28 heavy (non-hydrogen) atoms. The number of nitrogens with one attached hydrogen (secondary N) is 1. The van der Waals surface area contributed by atoms with Gasteiger partial charge in [0, 0.05) is 30.0 Å². The first-order valence-corrected chi connectivity index (χ1v) is 8.71. The number of nitrogens with zero attached hydrogens (tertiary/aromatic N) is 3. The van der Waals surface area contributed by atoms with E-state index >= 15 is 0 Å². The third kappa shape index (κ3) is 5.28. The minimum atomic E-state index is -0.512. The van der Waals surface area contributed by atoms with E-state index in [4.69, 9.17) is 11.6 Å². The zero-order valence-corrected chi connectivity index (χ0v) is 15.8. The molecule has 0 aliphatic rings. The lowest BCUT2D eigenvalue weighted by Crippen LogP contribution is -2.08. The molecule has 2 heterocycles. The van der Waals surface area contributed by atoms with Crippen LogP contribution in [0, 0.1) is 0 Å². The van der Waals surface area contributed by atoms with Gasteiger partial charge < -0.3 is 14.6 Å². The Morgan fingerprint density at radius 2 is 2.11 bits per heavy atom. The molecule has 1 aromatic carbocycles. The second-order valence-corrected chi connectivity index (χ2v) is 6.29. The minimum Gasteiger partial charge on any atom is -0.464 e. The molecule has 0 unspecified atom stereocenters. The van der Waals surface area contributed by atoms with E-state index < -0.39 is 5.97 Å². The Labute approximate surface area is 166 Å². The summed E-state index contributed by atoms with van der Waals surface area (Å²) in [4.78, 5) is 31.6. The van der Waals surface area contributed by atoms with E-state index in [1.807, 2.05) is 28.8 Å². The van der Waals surface area contributed by atoms with E-state index in [1.54, 1.807) is 24.7 Å². The van der Waals surface area contributed by atoms with Crippen LogP contribution in [0.15, 0.2) is 61.2 Å². The average molecular weight is 397 g/mol. The van der Waals surface area contributed by atoms with Crippen LogP contribution in [0.2, 0.25) is 5.02 Å². The first-order chi connectivity index (χ1) is 13.5. The number of esters is 1. The number of rotatable bonds is 6. The summed E-state index contributed by atoms with van der Waals surface area (Å²) in [6.07, 6.45) is 7.81. The number of benzene rings is 1. The molecule has 0 spiro atoms. The van der Waals surface area contributed by atoms with E-state index in [0.29, 0.717) is 22.9 Å². The lowest BCUT2D eigenvalue weighted by atomic mass is 10.2. The molecule has 0 saturated carbocycles. The summed E-state index contributed by atoms with van der Waals surface area (Å²) in [5.74, 6) is -0.400. The van der Waals surface area contributed by atoms with Crippen molar-refractivity contribution in [2.75, 3.05) is 12.4 Å². The average Bonchev–Trinajstić information content (AvgIpc) is 3.12. The summed E-state index contributed by atoms with van der Waals surface area (Å²) in [6, 6.07) is 10.7. The van der Waals surface area contributed by atoms with Gasteiger partial charge in [0.05, 0.1) is 13.4 Å². The van der Waals surface area contributed by atoms with Crippen molar-refractivity contribution in [3.8, 4) is 0 Å². The summed E-state index contributed by atoms with van der Waals surface area (Å²) in [7, 11) is 1.29. The van der Waals surface area contributed by atoms with Crippen LogP contribution in [0.4, 0.5) is 5.82 Å². The van der Waals surface area contributed by atoms with Gasteiger partial charge in [0.25, 0.3) is 0 Å². The van der Waals surface area contributed by atoms with Crippen LogP contribution < -0.4 is 5.32 Å². The molecular weight excluding hydrogens is 380 g/mol. The Morgan fingerprint density at radius 3 is 2.82 bits per heavy atom. The Hall–Kier alpha value is -3.45. The maximum atomic E-state index is 12.1. The van der Waals surface area contributed by atoms with Crippen LogP contribution in [0.3, 0.4) is 0 Å². The topological polar surface area (TPSA) is 86.1 Å². The maximum Gasteiger partial charge on any atom is 0.356 e. The van der Waals surface area contributed by atoms with Crippen molar-refractivity contribution < 1.29 is 14.3 Å². The standard InChI is InChI=1S/C20H17ClN4O3/c1-28-20(27)17-7-5-14(10-22-17)6-8-19(26)24-18-12-25(13-23-18)11-15-3-2-4-16(21)9-15/h2-10,12-13H,11H2,1H3,(H,24,26)/b8-6+. The molecule has 0 saturated heterocycles. The summed E-state index contributed by atoms with van der Waals surface area (Å²) in [5, 5.41) is 3.36. The van der Waals surface area contributed by atoms with Crippen molar-refractivity contribution in [2.45, 2.75) is 6.54 Å². The van der Waals surface area contributed by atoms with E-state index in [1.165, 1.54) is 25.4 Å². The zero-order valence-electron chi connectivity index (χ0n) is 15.0. The largest absolute Gasteiger partial charge is 0.464 e. The molecule has 0 atom stereocenters. The number of amides is 1. The smallest absolute Gasteiger partial charge is 0.356 e. The minimum absolute atomic E-state index is 0.203. The number of halogens is 1. The Balaban J connectivity index is 1.57. The first kappa shape index (κ1) is 19.3. The first-order valence-electron chi connectivity index (χ1n) is 8.33. The highest BCUT2D eigenvalue weighted by Gasteiger charge is 2.06. The van der Waals surface area contributed by atoms with Gasteiger partial charge in [-0.2, -0.15) is 0 Å². The molecule has 3 aromatic rings. The molecule has 0 bridgehead atoms. The highest BCUT2D eigenvalue weighted by atomic mass is 35.5. The van der Waals surface area contributed by atoms with Gasteiger partial charge in [-0.3, -0.25) is 4.79 Å². The number of ether oxygens (including phenoxy) is 1. The number of carbonyl (C=O) groups excluding carboxylic acids is 2. The number of hydrogen-bond donors (Lipinski definition) is 1. The van der Waals surface area contributed by atoms with Gasteiger partial charge in [0.2, 0.25) is 5.91 Å². The SMILES string of the molecule is COC(=O)c1ccc(/C=C/C(=O)Nc2cn(Cc3cccc(Cl)c3)cn2)cn1. The normalized spacial score (nSPS) is 10.8. The van der Waals surface area contributed by atoms with Crippen LogP contribution in [-0.4, -0.2) is 33.5 Å². The molecule has 1 N–H and O–H groups in total. The lowest BCUT2D eigenvalue weighted by Gasteiger charge is -2.02. The molecule has 1 amide bonds. The van der Waals surface area contributed by atoms with Gasteiger partial charge >= 0.3 is 5.97 Å². The van der Waals surface area contributed by atoms with Crippen molar-refractivity contribution in [1.82, 2.24) is 14.5 Å². The molecule has 0 aliphatic carbocycles. The second kappa shape index (κ2) is 8.96. The second-order valence-electron chi connectivity index (χ2n) is 5.85. The van der Waals surface area contributed by atoms with Crippen molar-refractivity contribution in [3.05, 3.63) is 83.0 Å². The van der Waals surface area contributed by atoms with Gasteiger partial charge in [-0.05, 0) is 35.4 Å². The lowest BCUT2D eigenvalue weighted by molar-refractivity contribution is -0.111. The summed E-state index contributed by atoms with van der Waals surface area (Å²) >= 11 is 5.99. The Bertz CT molecular complexity index is 1010. The fourth-order valence-corrected chi connectivity index (χ4v) is 2.64. The number of hydrogen-bond acceptors (Lipinski definition) is 5. The van der Waals surface area contributed by atoms with E-state index in [0.717, 1.165) is 5.56 Å². The van der Waals surface area contributed by atoms with Gasteiger partial charge in [0.1, 0.15) is 5.69 Å². The third-order valence-electron chi connectivity index (χ3n) is 3.75. The van der Waals surface area contributed by atoms with Gasteiger partial charge in [0.15, 0.2) is 5.82 Å². The monoisotopic (exact) mass is 396 g/mol. The third-order valence-corrected chi connectivity index (χ3v) is 3.98. The Kier molecular flexibility index (Phi) is 6.18. The van der Waals surface area contributed by atoms with Crippen LogP contribution >= 0.6 is 11.6 Å². The van der Waals surface area contributed by atoms with E-state index in [2.05, 4.69) is 20.0 Å². The van der Waals surface area contributed by atoms with Gasteiger partial charge in [-0.25, -0.2) is 14.8 Å². The van der Waals surface area contributed by atoms with E-state index in [-0.39, 0.29) is 11.6 Å². The molecular formula is C20H17ClN4O3. The number of imidazole rings is 1. The van der Waals surface area contributed by atoms with Crippen molar-refractivity contribution >= 4 is 35.4 Å². The van der Waals surface area contributed by atoms with Crippen molar-refractivity contribution in [1.29, 1.82) is 0 Å². The molecule has 2 aromatic heterocycles. The molecule has 0 radical (unpaired) electrons. The van der Waals surface area contributed by atoms with Crippen molar-refractivity contribution in [3.63, 3.8) is 0 Å². The zero-order chi connectivity index (χ0) is 19.9. The van der Waals surface area contributed by atoms with Gasteiger partial charge in [-0.15, -0.1) is 0 Å². The summed E-state index contributed by atoms with van der Waals surface area (Å²) < 4.78 is 6.43. The van der Waals surface area contributed by atoms with E-state index in [9.17, 15) is 9.59 Å². The fraction of sp³-hybridized carbons (Fsp3) is 0.100. The molecule has 8 heteroatoms. The summed E-state index contributed by atoms with van der Waals surface area (Å²) in [5.41, 5.74) is 1.91. The highest BCUT2D eigenvalue weighted by molar-refractivity contribution is 6.30. The molecule has 0 fully saturated rings. The number of methoxy groups -OCH3 is 1. The Morgan fingerprint density at radius 1 is 1.25 bits per heavy atom. The van der Waals surface area contributed by atoms with Crippen LogP contribution in [-0.2, 0) is 16.1 Å². The predicted molar refractivity (Wildman–Crippen MR) is 106 cm³/mol. The maximum absolute atomic E-state index is 12.1. The molecule has 142 valence electrons. The molecule has 0 aliphatic heterocycles. The number of aromatic nitrogens is 3. The fourth-order valence-electron chi connectivity index (χ4n) is 2.43. The molecule has 7 nitrogen and oxygen atoms in total.